The van der Waals surface area contributed by atoms with Gasteiger partial charge in [-0.25, -0.2) is 18.2 Å². The van der Waals surface area contributed by atoms with E-state index in [9.17, 15) is 4.39 Å². The Labute approximate surface area is 201 Å². The van der Waals surface area contributed by atoms with Crippen LogP contribution in [0.5, 0.6) is 0 Å². The summed E-state index contributed by atoms with van der Waals surface area (Å²) in [6.45, 7) is 1.07. The number of ether oxygens (including phenoxy) is 3. The number of nitrogens with one attached hydrogen (secondary N) is 1. The molecule has 10 heteroatoms. The van der Waals surface area contributed by atoms with Gasteiger partial charge in [0, 0.05) is 25.0 Å². The first-order valence-corrected chi connectivity index (χ1v) is 11.4. The van der Waals surface area contributed by atoms with E-state index >= 15 is 8.78 Å². The molecule has 1 N–H and O–H groups in total. The molecule has 1 aromatic rings. The normalized spacial score (nSPS) is 26.1. The number of halogens is 3. The highest BCUT2D eigenvalue weighted by Gasteiger charge is 2.49. The Balaban J connectivity index is 1.38. The third kappa shape index (κ3) is 4.54. The molecule has 0 spiro atoms. The van der Waals surface area contributed by atoms with Gasteiger partial charge in [0.15, 0.2) is 17.7 Å². The minimum atomic E-state index is -3.05. The summed E-state index contributed by atoms with van der Waals surface area (Å²) in [6.07, 6.45) is 7.50. The van der Waals surface area contributed by atoms with Crippen molar-refractivity contribution in [2.24, 2.45) is 9.98 Å². The highest BCUT2D eigenvalue weighted by atomic mass is 19.3. The van der Waals surface area contributed by atoms with Crippen molar-refractivity contribution in [1.82, 2.24) is 4.90 Å². The van der Waals surface area contributed by atoms with Crippen molar-refractivity contribution in [2.75, 3.05) is 38.7 Å². The number of alkyl halides is 2. The first-order chi connectivity index (χ1) is 16.9. The zero-order chi connectivity index (χ0) is 24.6. The molecular formula is C25H25F3N4O3. The summed E-state index contributed by atoms with van der Waals surface area (Å²) in [5.74, 6) is -0.375. The number of fused-ring (bicyclic) bond motifs is 1. The van der Waals surface area contributed by atoms with Crippen molar-refractivity contribution >= 4 is 17.9 Å². The van der Waals surface area contributed by atoms with Crippen molar-refractivity contribution in [3.63, 3.8) is 0 Å². The number of hydrogen-bond donors (Lipinski definition) is 1. The average Bonchev–Trinajstić information content (AvgIpc) is 2.80. The Bertz CT molecular complexity index is 1170. The largest absolute Gasteiger partial charge is 0.497 e. The Kier molecular flexibility index (Phi) is 6.30. The van der Waals surface area contributed by atoms with Gasteiger partial charge in [-0.05, 0) is 18.2 Å². The van der Waals surface area contributed by atoms with E-state index in [4.69, 9.17) is 20.6 Å². The molecule has 3 heterocycles. The fraction of sp³-hybridized carbons (Fsp3) is 0.440. The second-order valence-corrected chi connectivity index (χ2v) is 8.81. The topological polar surface area (TPSA) is 67.7 Å². The van der Waals surface area contributed by atoms with Gasteiger partial charge in [0.1, 0.15) is 17.9 Å². The molecular weight excluding hydrogens is 461 g/mol. The van der Waals surface area contributed by atoms with E-state index < -0.39 is 17.8 Å². The molecule has 35 heavy (non-hydrogen) atoms. The number of terminal acetylenes is 1. The molecule has 0 bridgehead atoms. The van der Waals surface area contributed by atoms with Gasteiger partial charge in [-0.3, -0.25) is 9.89 Å². The maximum atomic E-state index is 15.0. The van der Waals surface area contributed by atoms with Gasteiger partial charge in [-0.1, -0.05) is 12.0 Å². The third-order valence-electron chi connectivity index (χ3n) is 6.63. The predicted octanol–water partition coefficient (Wildman–Crippen LogP) is 3.34. The number of rotatable bonds is 5. The summed E-state index contributed by atoms with van der Waals surface area (Å²) in [7, 11) is 1.47. The van der Waals surface area contributed by atoms with E-state index in [1.165, 1.54) is 25.6 Å². The molecule has 1 aromatic carbocycles. The number of methoxy groups -OCH3 is 1. The van der Waals surface area contributed by atoms with Gasteiger partial charge in [-0.15, -0.1) is 6.42 Å². The zero-order valence-electron chi connectivity index (χ0n) is 19.1. The van der Waals surface area contributed by atoms with E-state index in [0.29, 0.717) is 43.3 Å². The second-order valence-electron chi connectivity index (χ2n) is 8.81. The predicted molar refractivity (Wildman–Crippen MR) is 125 cm³/mol. The number of benzene rings is 1. The maximum absolute atomic E-state index is 15.0. The molecule has 0 aromatic heterocycles. The first-order valence-electron chi connectivity index (χ1n) is 11.4. The Morgan fingerprint density at radius 3 is 2.83 bits per heavy atom. The molecule has 0 radical (unpaired) electrons. The van der Waals surface area contributed by atoms with Crippen LogP contribution in [0.1, 0.15) is 18.4 Å². The summed E-state index contributed by atoms with van der Waals surface area (Å²) >= 11 is 0. The molecule has 0 amide bonds. The van der Waals surface area contributed by atoms with Gasteiger partial charge < -0.3 is 19.5 Å². The first kappa shape index (κ1) is 23.5. The number of amidine groups is 1. The van der Waals surface area contributed by atoms with Gasteiger partial charge in [0.25, 0.3) is 5.92 Å². The molecule has 1 aliphatic carbocycles. The van der Waals surface area contributed by atoms with Gasteiger partial charge in [-0.2, -0.15) is 0 Å². The summed E-state index contributed by atoms with van der Waals surface area (Å²) < 4.78 is 61.2. The van der Waals surface area contributed by atoms with E-state index in [1.54, 1.807) is 17.0 Å². The lowest BCUT2D eigenvalue weighted by Crippen LogP contribution is -2.59. The third-order valence-corrected chi connectivity index (χ3v) is 6.63. The smallest absolute Gasteiger partial charge is 0.296 e. The number of hydrogen-bond acceptors (Lipinski definition) is 7. The minimum Gasteiger partial charge on any atom is -0.497 e. The molecule has 1 unspecified atom stereocenters. The van der Waals surface area contributed by atoms with Crippen LogP contribution in [0.4, 0.5) is 18.9 Å². The lowest BCUT2D eigenvalue weighted by molar-refractivity contribution is -0.183. The van der Waals surface area contributed by atoms with Crippen LogP contribution in [-0.4, -0.2) is 74.6 Å². The molecule has 0 saturated carbocycles. The van der Waals surface area contributed by atoms with E-state index in [-0.39, 0.29) is 42.1 Å². The molecule has 3 aliphatic heterocycles. The minimum absolute atomic E-state index is 0.0337. The standard InChI is InChI=1S/C25H25F3N4O3/c1-3-15-5-4-6-18(23(15)26)31-24-17-9-21(20(33-2)10-19(17)29-14-30-24)35-22-7-8-32(13-25(22,27)28)16-11-34-12-16/h1,4-6,9,14,16,19,22H,7-8,10-13H2,2H3,(H,29,30,31)/t19?,22-/m0/s1. The SMILES string of the molecule is C#Cc1cccc(NC2=NC=NC3CC(OC)=C(O[C@H]4CCN(C5COC5)CC4(F)F)C=C23)c1F. The van der Waals surface area contributed by atoms with Gasteiger partial charge >= 0.3 is 0 Å². The van der Waals surface area contributed by atoms with Crippen LogP contribution in [-0.2, 0) is 14.2 Å². The van der Waals surface area contributed by atoms with Crippen molar-refractivity contribution in [2.45, 2.75) is 37.0 Å². The van der Waals surface area contributed by atoms with Crippen LogP contribution < -0.4 is 5.32 Å². The number of allylic oxidation sites excluding steroid dienone is 1. The molecule has 2 atom stereocenters. The van der Waals surface area contributed by atoms with Crippen LogP contribution in [0.3, 0.4) is 0 Å². The zero-order valence-corrected chi connectivity index (χ0v) is 19.1. The second kappa shape index (κ2) is 9.40. The molecule has 2 fully saturated rings. The number of nitrogens with zero attached hydrogens (tertiary/aromatic N) is 3. The van der Waals surface area contributed by atoms with Gasteiger partial charge in [0.05, 0.1) is 50.2 Å². The number of aliphatic imine (C=N–C) groups is 2. The van der Waals surface area contributed by atoms with Crippen LogP contribution in [0, 0.1) is 18.2 Å². The number of likely N-dealkylation sites (tertiary alicyclic amines) is 1. The number of piperidine rings is 1. The van der Waals surface area contributed by atoms with Crippen LogP contribution in [0.25, 0.3) is 0 Å². The van der Waals surface area contributed by atoms with E-state index in [1.807, 2.05) is 0 Å². The summed E-state index contributed by atoms with van der Waals surface area (Å²) in [5.41, 5.74) is 0.847. The lowest BCUT2D eigenvalue weighted by atomic mass is 9.94. The summed E-state index contributed by atoms with van der Waals surface area (Å²) in [6, 6.07) is 4.32. The van der Waals surface area contributed by atoms with E-state index in [0.717, 1.165) is 0 Å². The molecule has 5 rings (SSSR count). The Morgan fingerprint density at radius 2 is 2.14 bits per heavy atom. The lowest BCUT2D eigenvalue weighted by Gasteiger charge is -2.44. The summed E-state index contributed by atoms with van der Waals surface area (Å²) in [4.78, 5) is 10.4. The van der Waals surface area contributed by atoms with Crippen LogP contribution >= 0.6 is 0 Å². The van der Waals surface area contributed by atoms with Crippen molar-refractivity contribution in [3.8, 4) is 12.3 Å². The Morgan fingerprint density at radius 1 is 1.31 bits per heavy atom. The molecule has 7 nitrogen and oxygen atoms in total. The number of anilines is 1. The van der Waals surface area contributed by atoms with Crippen molar-refractivity contribution < 1.29 is 27.4 Å². The van der Waals surface area contributed by atoms with Gasteiger partial charge in [0.2, 0.25) is 0 Å². The highest BCUT2D eigenvalue weighted by Crippen LogP contribution is 2.37. The fourth-order valence-electron chi connectivity index (χ4n) is 4.56. The Hall–Kier alpha value is -3.29. The molecule has 2 saturated heterocycles. The van der Waals surface area contributed by atoms with Crippen LogP contribution in [0.15, 0.2) is 51.4 Å². The summed E-state index contributed by atoms with van der Waals surface area (Å²) in [5, 5.41) is 2.96. The van der Waals surface area contributed by atoms with Crippen molar-refractivity contribution in [3.05, 3.63) is 52.7 Å². The quantitative estimate of drug-likeness (QED) is 0.647. The highest BCUT2D eigenvalue weighted by molar-refractivity contribution is 6.13. The molecule has 184 valence electrons. The van der Waals surface area contributed by atoms with Crippen molar-refractivity contribution in [1.29, 1.82) is 0 Å². The average molecular weight is 486 g/mol. The van der Waals surface area contributed by atoms with Crippen LogP contribution in [0.2, 0.25) is 0 Å². The maximum Gasteiger partial charge on any atom is 0.296 e. The monoisotopic (exact) mass is 486 g/mol. The fourth-order valence-corrected chi connectivity index (χ4v) is 4.56. The molecule has 4 aliphatic rings. The van der Waals surface area contributed by atoms with E-state index in [2.05, 4.69) is 21.2 Å².